The molecule has 1 saturated carbocycles. The second kappa shape index (κ2) is 9.18. The molecule has 5 nitrogen and oxygen atoms in total. The van der Waals surface area contributed by atoms with Crippen LogP contribution in [-0.4, -0.2) is 21.2 Å². The first-order valence-corrected chi connectivity index (χ1v) is 11.3. The van der Waals surface area contributed by atoms with Gasteiger partial charge in [-0.3, -0.25) is 14.2 Å². The van der Waals surface area contributed by atoms with Gasteiger partial charge in [-0.2, -0.15) is 0 Å². The first-order chi connectivity index (χ1) is 14.5. The van der Waals surface area contributed by atoms with E-state index in [0.717, 1.165) is 25.7 Å². The van der Waals surface area contributed by atoms with Crippen LogP contribution in [0.25, 0.3) is 10.9 Å². The number of aromatic nitrogens is 2. The molecule has 30 heavy (non-hydrogen) atoms. The maximum absolute atomic E-state index is 13.9. The van der Waals surface area contributed by atoms with Gasteiger partial charge in [0.25, 0.3) is 5.56 Å². The van der Waals surface area contributed by atoms with Crippen LogP contribution in [-0.2, 0) is 4.79 Å². The zero-order chi connectivity index (χ0) is 21.1. The van der Waals surface area contributed by atoms with E-state index in [1.807, 2.05) is 12.1 Å². The Kier molecular flexibility index (Phi) is 6.39. The van der Waals surface area contributed by atoms with Gasteiger partial charge in [0.05, 0.1) is 22.3 Å². The van der Waals surface area contributed by atoms with Gasteiger partial charge in [-0.25, -0.2) is 9.37 Å². The highest BCUT2D eigenvalue weighted by atomic mass is 35.5. The summed E-state index contributed by atoms with van der Waals surface area (Å²) in [5.74, 6) is -0.942. The van der Waals surface area contributed by atoms with Crippen molar-refractivity contribution < 1.29 is 9.18 Å². The molecule has 3 aromatic rings. The lowest BCUT2D eigenvalue weighted by Crippen LogP contribution is -2.29. The number of hydrogen-bond acceptors (Lipinski definition) is 4. The average molecular weight is 446 g/mol. The van der Waals surface area contributed by atoms with Gasteiger partial charge >= 0.3 is 0 Å². The van der Waals surface area contributed by atoms with E-state index < -0.39 is 11.7 Å². The van der Waals surface area contributed by atoms with Crippen molar-refractivity contribution in [2.24, 2.45) is 0 Å². The SMILES string of the molecule is O=C(CSc1nc2ccccc2c(=O)n1C1CCCCC1)Nc1cc(Cl)ccc1F. The Labute approximate surface area is 182 Å². The highest BCUT2D eigenvalue weighted by molar-refractivity contribution is 7.99. The Hall–Kier alpha value is -2.38. The Balaban J connectivity index is 1.60. The summed E-state index contributed by atoms with van der Waals surface area (Å²) in [4.78, 5) is 30.3. The van der Waals surface area contributed by atoms with Gasteiger partial charge in [-0.05, 0) is 43.2 Å². The average Bonchev–Trinajstić information content (AvgIpc) is 2.75. The highest BCUT2D eigenvalue weighted by Gasteiger charge is 2.22. The molecule has 156 valence electrons. The van der Waals surface area contributed by atoms with E-state index in [1.165, 1.54) is 36.4 Å². The summed E-state index contributed by atoms with van der Waals surface area (Å²) in [6.45, 7) is 0. The van der Waals surface area contributed by atoms with Crippen molar-refractivity contribution in [3.63, 3.8) is 0 Å². The van der Waals surface area contributed by atoms with Crippen LogP contribution in [0.3, 0.4) is 0 Å². The van der Waals surface area contributed by atoms with Crippen molar-refractivity contribution in [2.45, 2.75) is 43.3 Å². The molecule has 0 spiro atoms. The third-order valence-corrected chi connectivity index (χ3v) is 6.44. The molecule has 1 aliphatic carbocycles. The topological polar surface area (TPSA) is 64.0 Å². The lowest BCUT2D eigenvalue weighted by molar-refractivity contribution is -0.113. The maximum atomic E-state index is 13.9. The van der Waals surface area contributed by atoms with Crippen LogP contribution in [0.2, 0.25) is 5.02 Å². The zero-order valence-corrected chi connectivity index (χ0v) is 17.8. The predicted octanol–water partition coefficient (Wildman–Crippen LogP) is 5.43. The minimum atomic E-state index is -0.555. The first-order valence-electron chi connectivity index (χ1n) is 9.92. The number of nitrogens with one attached hydrogen (secondary N) is 1. The van der Waals surface area contributed by atoms with Crippen molar-refractivity contribution in [3.05, 3.63) is 63.7 Å². The maximum Gasteiger partial charge on any atom is 0.262 e. The number of halogens is 2. The van der Waals surface area contributed by atoms with E-state index in [0.29, 0.717) is 21.1 Å². The lowest BCUT2D eigenvalue weighted by Gasteiger charge is -2.26. The molecule has 1 amide bonds. The molecule has 0 atom stereocenters. The molecular formula is C22H21ClFN3O2S. The van der Waals surface area contributed by atoms with Crippen molar-refractivity contribution in [1.29, 1.82) is 0 Å². The van der Waals surface area contributed by atoms with Gasteiger partial charge < -0.3 is 5.32 Å². The minimum absolute atomic E-state index is 0.00343. The molecule has 0 radical (unpaired) electrons. The Morgan fingerprint density at radius 1 is 1.20 bits per heavy atom. The molecule has 0 unspecified atom stereocenters. The molecule has 8 heteroatoms. The minimum Gasteiger partial charge on any atom is -0.323 e. The molecule has 0 bridgehead atoms. The van der Waals surface area contributed by atoms with Gasteiger partial charge in [0.2, 0.25) is 5.91 Å². The third kappa shape index (κ3) is 4.52. The molecule has 4 rings (SSSR count). The number of rotatable bonds is 5. The number of para-hydroxylation sites is 1. The molecular weight excluding hydrogens is 425 g/mol. The van der Waals surface area contributed by atoms with Crippen LogP contribution in [0.15, 0.2) is 52.4 Å². The zero-order valence-electron chi connectivity index (χ0n) is 16.2. The second-order valence-electron chi connectivity index (χ2n) is 7.34. The number of carbonyl (C=O) groups is 1. The Bertz CT molecular complexity index is 1140. The molecule has 2 aromatic carbocycles. The second-order valence-corrected chi connectivity index (χ2v) is 8.72. The summed E-state index contributed by atoms with van der Waals surface area (Å²) < 4.78 is 15.6. The van der Waals surface area contributed by atoms with Crippen LogP contribution in [0, 0.1) is 5.82 Å². The summed E-state index contributed by atoms with van der Waals surface area (Å²) in [5.41, 5.74) is 0.568. The quantitative estimate of drug-likeness (QED) is 0.420. The number of fused-ring (bicyclic) bond motifs is 1. The number of carbonyl (C=O) groups excluding carboxylic acids is 1. The summed E-state index contributed by atoms with van der Waals surface area (Å²) in [6, 6.07) is 11.3. The van der Waals surface area contributed by atoms with Crippen molar-refractivity contribution in [2.75, 3.05) is 11.1 Å². The van der Waals surface area contributed by atoms with Crippen LogP contribution < -0.4 is 10.9 Å². The Morgan fingerprint density at radius 2 is 1.97 bits per heavy atom. The number of amides is 1. The molecule has 1 fully saturated rings. The first kappa shape index (κ1) is 20.9. The molecule has 1 N–H and O–H groups in total. The third-order valence-electron chi connectivity index (χ3n) is 5.25. The Morgan fingerprint density at radius 3 is 2.77 bits per heavy atom. The summed E-state index contributed by atoms with van der Waals surface area (Å²) >= 11 is 7.07. The van der Waals surface area contributed by atoms with E-state index >= 15 is 0 Å². The summed E-state index contributed by atoms with van der Waals surface area (Å²) in [7, 11) is 0. The van der Waals surface area contributed by atoms with Gasteiger partial charge in [0.1, 0.15) is 5.82 Å². The fourth-order valence-corrected chi connectivity index (χ4v) is 4.84. The predicted molar refractivity (Wildman–Crippen MR) is 119 cm³/mol. The number of anilines is 1. The van der Waals surface area contributed by atoms with Crippen LogP contribution in [0.5, 0.6) is 0 Å². The van der Waals surface area contributed by atoms with Crippen molar-refractivity contribution >= 4 is 45.9 Å². The fraction of sp³-hybridized carbons (Fsp3) is 0.318. The fourth-order valence-electron chi connectivity index (χ4n) is 3.80. The normalized spacial score (nSPS) is 14.7. The smallest absolute Gasteiger partial charge is 0.262 e. The number of thioether (sulfide) groups is 1. The lowest BCUT2D eigenvalue weighted by atomic mass is 9.95. The standard InChI is InChI=1S/C22H21ClFN3O2S/c23-14-10-11-17(24)19(12-14)25-20(28)13-30-22-26-18-9-5-4-8-16(18)21(29)27(22)15-6-2-1-3-7-15/h4-5,8-12,15H,1-3,6-7,13H2,(H,25,28). The van der Waals surface area contributed by atoms with Crippen LogP contribution in [0.1, 0.15) is 38.1 Å². The van der Waals surface area contributed by atoms with Crippen LogP contribution >= 0.6 is 23.4 Å². The highest BCUT2D eigenvalue weighted by Crippen LogP contribution is 2.31. The molecule has 1 heterocycles. The van der Waals surface area contributed by atoms with Crippen molar-refractivity contribution in [3.8, 4) is 0 Å². The van der Waals surface area contributed by atoms with E-state index in [4.69, 9.17) is 11.6 Å². The van der Waals surface area contributed by atoms with E-state index in [1.54, 1.807) is 16.7 Å². The summed E-state index contributed by atoms with van der Waals surface area (Å²) in [6.07, 6.45) is 5.16. The number of hydrogen-bond donors (Lipinski definition) is 1. The molecule has 1 aromatic heterocycles. The van der Waals surface area contributed by atoms with E-state index in [9.17, 15) is 14.0 Å². The van der Waals surface area contributed by atoms with Crippen molar-refractivity contribution in [1.82, 2.24) is 9.55 Å². The molecule has 0 aliphatic heterocycles. The number of nitrogens with zero attached hydrogens (tertiary/aromatic N) is 2. The van der Waals surface area contributed by atoms with Gasteiger partial charge in [-0.15, -0.1) is 0 Å². The monoisotopic (exact) mass is 445 g/mol. The number of benzene rings is 2. The van der Waals surface area contributed by atoms with Crippen LogP contribution in [0.4, 0.5) is 10.1 Å². The van der Waals surface area contributed by atoms with E-state index in [-0.39, 0.29) is 23.0 Å². The van der Waals surface area contributed by atoms with E-state index in [2.05, 4.69) is 10.3 Å². The summed E-state index contributed by atoms with van der Waals surface area (Å²) in [5, 5.41) is 3.97. The van der Waals surface area contributed by atoms with Gasteiger partial charge in [0, 0.05) is 11.1 Å². The van der Waals surface area contributed by atoms with Gasteiger partial charge in [-0.1, -0.05) is 54.8 Å². The molecule has 1 aliphatic rings. The van der Waals surface area contributed by atoms with Gasteiger partial charge in [0.15, 0.2) is 5.16 Å². The largest absolute Gasteiger partial charge is 0.323 e. The molecule has 0 saturated heterocycles.